The van der Waals surface area contributed by atoms with Crippen molar-refractivity contribution in [3.05, 3.63) is 63.2 Å². The van der Waals surface area contributed by atoms with Crippen LogP contribution in [-0.4, -0.2) is 16.6 Å². The first-order valence-corrected chi connectivity index (χ1v) is 10.1. The van der Waals surface area contributed by atoms with Gasteiger partial charge in [-0.2, -0.15) is 0 Å². The second-order valence-electron chi connectivity index (χ2n) is 4.97. The van der Waals surface area contributed by atoms with Crippen LogP contribution < -0.4 is 5.32 Å². The van der Waals surface area contributed by atoms with Crippen LogP contribution in [0.15, 0.2) is 56.7 Å². The summed E-state index contributed by atoms with van der Waals surface area (Å²) in [6.07, 6.45) is 0. The summed E-state index contributed by atoms with van der Waals surface area (Å²) in [5, 5.41) is 4.80. The highest BCUT2D eigenvalue weighted by atomic mass is 79.9. The predicted molar refractivity (Wildman–Crippen MR) is 106 cm³/mol. The van der Waals surface area contributed by atoms with E-state index < -0.39 is 5.82 Å². The summed E-state index contributed by atoms with van der Waals surface area (Å²) in [7, 11) is 0. The summed E-state index contributed by atoms with van der Waals surface area (Å²) in [5.41, 5.74) is 2.29. The standard InChI is InChI=1S/C17H11BrClFN2OS2/c18-11-3-1-10(2-4-11)15-8-24-17(22-15)25-9-16(23)21-14-6-5-12(20)7-13(14)19/h1-8H,9H2,(H,21,23). The summed E-state index contributed by atoms with van der Waals surface area (Å²) >= 11 is 12.1. The van der Waals surface area contributed by atoms with Crippen molar-refractivity contribution >= 4 is 62.2 Å². The zero-order valence-corrected chi connectivity index (χ0v) is 16.6. The highest BCUT2D eigenvalue weighted by molar-refractivity contribution is 9.10. The Bertz CT molecular complexity index is 902. The summed E-state index contributed by atoms with van der Waals surface area (Å²) < 4.78 is 14.8. The van der Waals surface area contributed by atoms with Crippen molar-refractivity contribution < 1.29 is 9.18 Å². The molecule has 0 fully saturated rings. The summed E-state index contributed by atoms with van der Waals surface area (Å²) in [4.78, 5) is 16.6. The maximum Gasteiger partial charge on any atom is 0.234 e. The minimum absolute atomic E-state index is 0.171. The molecule has 2 aromatic carbocycles. The lowest BCUT2D eigenvalue weighted by Gasteiger charge is -2.06. The van der Waals surface area contributed by atoms with Gasteiger partial charge in [-0.3, -0.25) is 4.79 Å². The predicted octanol–water partition coefficient (Wildman–Crippen LogP) is 6.10. The van der Waals surface area contributed by atoms with Crippen LogP contribution >= 0.6 is 50.6 Å². The zero-order valence-electron chi connectivity index (χ0n) is 12.6. The van der Waals surface area contributed by atoms with Crippen LogP contribution in [-0.2, 0) is 4.79 Å². The number of nitrogens with one attached hydrogen (secondary N) is 1. The Balaban J connectivity index is 1.58. The number of amides is 1. The molecule has 128 valence electrons. The Labute approximate surface area is 165 Å². The summed E-state index contributed by atoms with van der Waals surface area (Å²) in [5.74, 6) is -0.472. The topological polar surface area (TPSA) is 42.0 Å². The number of anilines is 1. The van der Waals surface area contributed by atoms with Crippen molar-refractivity contribution in [2.24, 2.45) is 0 Å². The Morgan fingerprint density at radius 1 is 1.28 bits per heavy atom. The molecule has 3 rings (SSSR count). The van der Waals surface area contributed by atoms with E-state index in [1.54, 1.807) is 0 Å². The van der Waals surface area contributed by atoms with E-state index in [0.29, 0.717) is 5.69 Å². The van der Waals surface area contributed by atoms with E-state index in [9.17, 15) is 9.18 Å². The van der Waals surface area contributed by atoms with Gasteiger partial charge < -0.3 is 5.32 Å². The molecule has 0 saturated heterocycles. The minimum atomic E-state index is -0.444. The number of halogens is 3. The number of rotatable bonds is 5. The van der Waals surface area contributed by atoms with Crippen LogP contribution in [0.3, 0.4) is 0 Å². The molecule has 1 heterocycles. The number of aromatic nitrogens is 1. The molecular weight excluding hydrogens is 447 g/mol. The average Bonchev–Trinajstić information content (AvgIpc) is 3.05. The fraction of sp³-hybridized carbons (Fsp3) is 0.0588. The van der Waals surface area contributed by atoms with E-state index in [1.807, 2.05) is 29.6 Å². The van der Waals surface area contributed by atoms with E-state index in [0.717, 1.165) is 26.1 Å². The quantitative estimate of drug-likeness (QED) is 0.471. The smallest absolute Gasteiger partial charge is 0.234 e. The number of carbonyl (C=O) groups is 1. The van der Waals surface area contributed by atoms with Crippen molar-refractivity contribution in [1.29, 1.82) is 0 Å². The molecule has 0 aliphatic heterocycles. The van der Waals surface area contributed by atoms with Gasteiger partial charge in [-0.1, -0.05) is 51.4 Å². The molecule has 3 nitrogen and oxygen atoms in total. The zero-order chi connectivity index (χ0) is 17.8. The normalized spacial score (nSPS) is 10.7. The summed E-state index contributed by atoms with van der Waals surface area (Å²) in [6.45, 7) is 0. The fourth-order valence-electron chi connectivity index (χ4n) is 1.98. The Morgan fingerprint density at radius 2 is 2.04 bits per heavy atom. The number of carbonyl (C=O) groups excluding carboxylic acids is 1. The number of nitrogens with zero attached hydrogens (tertiary/aromatic N) is 1. The molecule has 1 N–H and O–H groups in total. The second kappa shape index (κ2) is 8.31. The van der Waals surface area contributed by atoms with Gasteiger partial charge >= 0.3 is 0 Å². The van der Waals surface area contributed by atoms with Gasteiger partial charge in [0.05, 0.1) is 22.2 Å². The Kier molecular flexibility index (Phi) is 6.11. The van der Waals surface area contributed by atoms with Crippen molar-refractivity contribution in [3.8, 4) is 11.3 Å². The van der Waals surface area contributed by atoms with Crippen molar-refractivity contribution in [1.82, 2.24) is 4.98 Å². The highest BCUT2D eigenvalue weighted by Crippen LogP contribution is 2.29. The molecule has 1 amide bonds. The van der Waals surface area contributed by atoms with E-state index in [4.69, 9.17) is 11.6 Å². The molecule has 0 saturated carbocycles. The SMILES string of the molecule is O=C(CSc1nc(-c2ccc(Br)cc2)cs1)Nc1ccc(F)cc1Cl. The Hall–Kier alpha value is -1.41. The monoisotopic (exact) mass is 456 g/mol. The maximum absolute atomic E-state index is 13.0. The van der Waals surface area contributed by atoms with Gasteiger partial charge in [0.15, 0.2) is 4.34 Å². The molecule has 0 atom stereocenters. The maximum atomic E-state index is 13.0. The van der Waals surface area contributed by atoms with E-state index in [2.05, 4.69) is 26.2 Å². The average molecular weight is 458 g/mol. The molecule has 3 aromatic rings. The summed E-state index contributed by atoms with van der Waals surface area (Å²) in [6, 6.07) is 11.7. The Morgan fingerprint density at radius 3 is 2.76 bits per heavy atom. The number of thiazole rings is 1. The van der Waals surface area contributed by atoms with Gasteiger partial charge in [0, 0.05) is 15.4 Å². The van der Waals surface area contributed by atoms with Crippen LogP contribution in [0.5, 0.6) is 0 Å². The van der Waals surface area contributed by atoms with Crippen LogP contribution in [0, 0.1) is 5.82 Å². The van der Waals surface area contributed by atoms with Crippen LogP contribution in [0.25, 0.3) is 11.3 Å². The van der Waals surface area contributed by atoms with Crippen LogP contribution in [0.1, 0.15) is 0 Å². The van der Waals surface area contributed by atoms with Gasteiger partial charge in [-0.05, 0) is 30.3 Å². The van der Waals surface area contributed by atoms with Crippen LogP contribution in [0.2, 0.25) is 5.02 Å². The lowest BCUT2D eigenvalue weighted by molar-refractivity contribution is -0.113. The molecule has 8 heteroatoms. The molecule has 0 bridgehead atoms. The van der Waals surface area contributed by atoms with E-state index in [-0.39, 0.29) is 16.7 Å². The first-order valence-electron chi connectivity index (χ1n) is 7.10. The number of hydrogen-bond donors (Lipinski definition) is 1. The molecular formula is C17H11BrClFN2OS2. The van der Waals surface area contributed by atoms with E-state index >= 15 is 0 Å². The fourth-order valence-corrected chi connectivity index (χ4v) is 4.10. The third kappa shape index (κ3) is 5.04. The molecule has 0 spiro atoms. The number of hydrogen-bond acceptors (Lipinski definition) is 4. The first-order chi connectivity index (χ1) is 12.0. The lowest BCUT2D eigenvalue weighted by atomic mass is 10.2. The molecule has 0 radical (unpaired) electrons. The number of thioether (sulfide) groups is 1. The van der Waals surface area contributed by atoms with Crippen molar-refractivity contribution in [2.45, 2.75) is 4.34 Å². The molecule has 0 aliphatic carbocycles. The van der Waals surface area contributed by atoms with Gasteiger partial charge in [0.2, 0.25) is 5.91 Å². The van der Waals surface area contributed by atoms with Gasteiger partial charge in [0.25, 0.3) is 0 Å². The second-order valence-corrected chi connectivity index (χ2v) is 8.37. The van der Waals surface area contributed by atoms with Crippen LogP contribution in [0.4, 0.5) is 10.1 Å². The van der Waals surface area contributed by atoms with Crippen molar-refractivity contribution in [3.63, 3.8) is 0 Å². The molecule has 0 aliphatic rings. The molecule has 25 heavy (non-hydrogen) atoms. The molecule has 1 aromatic heterocycles. The number of benzene rings is 2. The largest absolute Gasteiger partial charge is 0.324 e. The van der Waals surface area contributed by atoms with Gasteiger partial charge in [-0.25, -0.2) is 9.37 Å². The van der Waals surface area contributed by atoms with Gasteiger partial charge in [0.1, 0.15) is 5.82 Å². The minimum Gasteiger partial charge on any atom is -0.324 e. The van der Waals surface area contributed by atoms with Gasteiger partial charge in [-0.15, -0.1) is 11.3 Å². The highest BCUT2D eigenvalue weighted by Gasteiger charge is 2.10. The lowest BCUT2D eigenvalue weighted by Crippen LogP contribution is -2.14. The first kappa shape index (κ1) is 18.4. The van der Waals surface area contributed by atoms with E-state index in [1.165, 1.54) is 35.2 Å². The third-order valence-electron chi connectivity index (χ3n) is 3.16. The third-order valence-corrected chi connectivity index (χ3v) is 6.02. The molecule has 0 unspecified atom stereocenters. The van der Waals surface area contributed by atoms with Crippen molar-refractivity contribution in [2.75, 3.05) is 11.1 Å².